The molecule has 1 saturated heterocycles. The van der Waals surface area contributed by atoms with Crippen molar-refractivity contribution in [2.75, 3.05) is 25.1 Å². The SMILES string of the molecule is Cc1c(NC(=O)C2(CN)CCOCC2)c(=O)n(-c2ccccc2)n1C. The number of rotatable bonds is 4. The van der Waals surface area contributed by atoms with Crippen LogP contribution in [0.25, 0.3) is 5.69 Å². The van der Waals surface area contributed by atoms with Crippen molar-refractivity contribution in [2.45, 2.75) is 19.8 Å². The molecule has 2 heterocycles. The molecule has 0 spiro atoms. The molecule has 3 N–H and O–H groups in total. The first kappa shape index (κ1) is 17.4. The summed E-state index contributed by atoms with van der Waals surface area (Å²) in [7, 11) is 1.80. The maximum atomic E-state index is 12.9. The van der Waals surface area contributed by atoms with Gasteiger partial charge < -0.3 is 15.8 Å². The molecule has 7 nitrogen and oxygen atoms in total. The van der Waals surface area contributed by atoms with Gasteiger partial charge in [-0.3, -0.25) is 14.3 Å². The third-order valence-corrected chi connectivity index (χ3v) is 5.12. The molecule has 25 heavy (non-hydrogen) atoms. The fourth-order valence-electron chi connectivity index (χ4n) is 3.24. The second-order valence-electron chi connectivity index (χ2n) is 6.49. The lowest BCUT2D eigenvalue weighted by Crippen LogP contribution is -2.46. The Morgan fingerprint density at radius 3 is 2.52 bits per heavy atom. The summed E-state index contributed by atoms with van der Waals surface area (Å²) in [5.74, 6) is -0.204. The molecule has 2 aromatic rings. The summed E-state index contributed by atoms with van der Waals surface area (Å²) in [6.45, 7) is 3.07. The minimum atomic E-state index is -0.676. The molecule has 0 radical (unpaired) electrons. The van der Waals surface area contributed by atoms with Gasteiger partial charge in [0, 0.05) is 26.8 Å². The van der Waals surface area contributed by atoms with E-state index in [9.17, 15) is 9.59 Å². The van der Waals surface area contributed by atoms with E-state index in [-0.39, 0.29) is 18.0 Å². The van der Waals surface area contributed by atoms with Crippen molar-refractivity contribution in [1.29, 1.82) is 0 Å². The maximum Gasteiger partial charge on any atom is 0.295 e. The average Bonchev–Trinajstić information content (AvgIpc) is 2.86. The number of carbonyl (C=O) groups excluding carboxylic acids is 1. The Labute approximate surface area is 146 Å². The minimum Gasteiger partial charge on any atom is -0.381 e. The van der Waals surface area contributed by atoms with Crippen molar-refractivity contribution < 1.29 is 9.53 Å². The Morgan fingerprint density at radius 1 is 1.28 bits per heavy atom. The second-order valence-corrected chi connectivity index (χ2v) is 6.49. The number of ether oxygens (including phenoxy) is 1. The van der Waals surface area contributed by atoms with E-state index in [1.807, 2.05) is 37.3 Å². The van der Waals surface area contributed by atoms with Crippen LogP contribution in [0.3, 0.4) is 0 Å². The van der Waals surface area contributed by atoms with Gasteiger partial charge in [-0.25, -0.2) is 4.68 Å². The number of anilines is 1. The number of carbonyl (C=O) groups is 1. The molecule has 134 valence electrons. The Bertz CT molecular complexity index is 817. The molecule has 1 aliphatic heterocycles. The number of para-hydroxylation sites is 1. The zero-order valence-electron chi connectivity index (χ0n) is 14.6. The monoisotopic (exact) mass is 344 g/mol. The summed E-state index contributed by atoms with van der Waals surface area (Å²) in [5.41, 5.74) is 6.71. The van der Waals surface area contributed by atoms with E-state index >= 15 is 0 Å². The van der Waals surface area contributed by atoms with Crippen LogP contribution in [0.15, 0.2) is 35.1 Å². The molecular formula is C18H24N4O3. The Kier molecular flexibility index (Phi) is 4.78. The van der Waals surface area contributed by atoms with E-state index < -0.39 is 5.41 Å². The number of hydrogen-bond acceptors (Lipinski definition) is 4. The van der Waals surface area contributed by atoms with Crippen LogP contribution in [-0.2, 0) is 16.6 Å². The first-order valence-corrected chi connectivity index (χ1v) is 8.43. The van der Waals surface area contributed by atoms with E-state index in [0.717, 1.165) is 5.69 Å². The van der Waals surface area contributed by atoms with Gasteiger partial charge in [-0.05, 0) is 31.9 Å². The highest BCUT2D eigenvalue weighted by Gasteiger charge is 2.39. The number of nitrogens with zero attached hydrogens (tertiary/aromatic N) is 2. The fraction of sp³-hybridized carbons (Fsp3) is 0.444. The van der Waals surface area contributed by atoms with Crippen LogP contribution >= 0.6 is 0 Å². The fourth-order valence-corrected chi connectivity index (χ4v) is 3.24. The highest BCUT2D eigenvalue weighted by molar-refractivity contribution is 5.96. The molecule has 1 aromatic heterocycles. The van der Waals surface area contributed by atoms with Gasteiger partial charge in [-0.15, -0.1) is 0 Å². The number of amides is 1. The van der Waals surface area contributed by atoms with E-state index in [1.54, 1.807) is 16.4 Å². The summed E-state index contributed by atoms with van der Waals surface area (Å²) in [5, 5.41) is 2.84. The van der Waals surface area contributed by atoms with Gasteiger partial charge in [0.1, 0.15) is 5.69 Å². The smallest absolute Gasteiger partial charge is 0.295 e. The van der Waals surface area contributed by atoms with Gasteiger partial charge in [0.25, 0.3) is 5.56 Å². The zero-order chi connectivity index (χ0) is 18.0. The summed E-state index contributed by atoms with van der Waals surface area (Å²) in [6, 6.07) is 9.34. The lowest BCUT2D eigenvalue weighted by atomic mass is 9.79. The van der Waals surface area contributed by atoms with Crippen LogP contribution in [0.2, 0.25) is 0 Å². The molecule has 0 aliphatic carbocycles. The lowest BCUT2D eigenvalue weighted by Gasteiger charge is -2.34. The van der Waals surface area contributed by atoms with Crippen LogP contribution in [0, 0.1) is 12.3 Å². The van der Waals surface area contributed by atoms with Gasteiger partial charge in [0.2, 0.25) is 5.91 Å². The molecule has 7 heteroatoms. The summed E-state index contributed by atoms with van der Waals surface area (Å²) in [6.07, 6.45) is 1.13. The highest BCUT2D eigenvalue weighted by atomic mass is 16.5. The predicted octanol–water partition coefficient (Wildman–Crippen LogP) is 1.18. The van der Waals surface area contributed by atoms with E-state index in [0.29, 0.717) is 37.4 Å². The molecule has 0 bridgehead atoms. The molecule has 0 saturated carbocycles. The first-order valence-electron chi connectivity index (χ1n) is 8.43. The van der Waals surface area contributed by atoms with Crippen molar-refractivity contribution in [3.8, 4) is 5.69 Å². The summed E-state index contributed by atoms with van der Waals surface area (Å²) in [4.78, 5) is 25.8. The first-order chi connectivity index (χ1) is 12.0. The van der Waals surface area contributed by atoms with Crippen molar-refractivity contribution in [2.24, 2.45) is 18.2 Å². The molecule has 0 unspecified atom stereocenters. The van der Waals surface area contributed by atoms with Gasteiger partial charge in [0.15, 0.2) is 0 Å². The quantitative estimate of drug-likeness (QED) is 0.871. The highest BCUT2D eigenvalue weighted by Crippen LogP contribution is 2.31. The van der Waals surface area contributed by atoms with Crippen LogP contribution in [0.4, 0.5) is 5.69 Å². The van der Waals surface area contributed by atoms with Crippen LogP contribution in [0.1, 0.15) is 18.5 Å². The summed E-state index contributed by atoms with van der Waals surface area (Å²) < 4.78 is 8.64. The number of aromatic nitrogens is 2. The van der Waals surface area contributed by atoms with Gasteiger partial charge >= 0.3 is 0 Å². The second kappa shape index (κ2) is 6.85. The van der Waals surface area contributed by atoms with Gasteiger partial charge in [-0.2, -0.15) is 0 Å². The number of benzene rings is 1. The molecule has 1 amide bonds. The molecule has 1 aliphatic rings. The minimum absolute atomic E-state index is 0.204. The van der Waals surface area contributed by atoms with Crippen LogP contribution < -0.4 is 16.6 Å². The van der Waals surface area contributed by atoms with Crippen LogP contribution in [-0.4, -0.2) is 35.0 Å². The Balaban J connectivity index is 1.96. The number of hydrogen-bond donors (Lipinski definition) is 2. The third kappa shape index (κ3) is 3.01. The van der Waals surface area contributed by atoms with Crippen LogP contribution in [0.5, 0.6) is 0 Å². The third-order valence-electron chi connectivity index (χ3n) is 5.12. The van der Waals surface area contributed by atoms with Gasteiger partial charge in [0.05, 0.1) is 16.8 Å². The molecule has 3 rings (SSSR count). The van der Waals surface area contributed by atoms with Crippen molar-refractivity contribution in [3.05, 3.63) is 46.4 Å². The normalized spacial score (nSPS) is 16.6. The molecular weight excluding hydrogens is 320 g/mol. The largest absolute Gasteiger partial charge is 0.381 e. The average molecular weight is 344 g/mol. The lowest BCUT2D eigenvalue weighted by molar-refractivity contribution is -0.130. The molecule has 1 fully saturated rings. The van der Waals surface area contributed by atoms with E-state index in [1.165, 1.54) is 0 Å². The van der Waals surface area contributed by atoms with Crippen molar-refractivity contribution in [3.63, 3.8) is 0 Å². The standard InChI is InChI=1S/C18H24N4O3/c1-13-15(20-17(24)18(12-19)8-10-25-11-9-18)16(23)22(21(13)2)14-6-4-3-5-7-14/h3-7H,8-12,19H2,1-2H3,(H,20,24). The predicted molar refractivity (Wildman–Crippen MR) is 95.9 cm³/mol. The Hall–Kier alpha value is -2.38. The number of nitrogens with one attached hydrogen (secondary N) is 1. The van der Waals surface area contributed by atoms with Gasteiger partial charge in [-0.1, -0.05) is 18.2 Å². The number of nitrogens with two attached hydrogens (primary N) is 1. The van der Waals surface area contributed by atoms with Crippen molar-refractivity contribution in [1.82, 2.24) is 9.36 Å². The van der Waals surface area contributed by atoms with E-state index in [2.05, 4.69) is 5.32 Å². The Morgan fingerprint density at radius 2 is 1.92 bits per heavy atom. The van der Waals surface area contributed by atoms with E-state index in [4.69, 9.17) is 10.5 Å². The molecule has 0 atom stereocenters. The zero-order valence-corrected chi connectivity index (χ0v) is 14.6. The maximum absolute atomic E-state index is 12.9. The summed E-state index contributed by atoms with van der Waals surface area (Å²) >= 11 is 0. The molecule has 1 aromatic carbocycles. The van der Waals surface area contributed by atoms with Crippen molar-refractivity contribution >= 4 is 11.6 Å². The topological polar surface area (TPSA) is 91.3 Å².